The van der Waals surface area contributed by atoms with Crippen molar-refractivity contribution in [2.45, 2.75) is 45.4 Å². The Morgan fingerprint density at radius 2 is 2.21 bits per heavy atom. The van der Waals surface area contributed by atoms with Crippen LogP contribution in [0.4, 0.5) is 0 Å². The normalized spacial score (nSPS) is 22.7. The van der Waals surface area contributed by atoms with Crippen LogP contribution >= 0.6 is 11.3 Å². The summed E-state index contributed by atoms with van der Waals surface area (Å²) in [5, 5.41) is 0.705. The molecule has 0 spiro atoms. The van der Waals surface area contributed by atoms with Gasteiger partial charge >= 0.3 is 0 Å². The molecule has 0 radical (unpaired) electrons. The Morgan fingerprint density at radius 3 is 2.89 bits per heavy atom. The molecule has 0 aliphatic heterocycles. The summed E-state index contributed by atoms with van der Waals surface area (Å²) >= 11 is 1.55. The molecule has 0 bridgehead atoms. The first-order valence-corrected chi connectivity index (χ1v) is 7.22. The average molecular weight is 279 g/mol. The minimum absolute atomic E-state index is 0.0734. The number of nitrogens with zero attached hydrogens (tertiary/aromatic N) is 1. The molecule has 1 fully saturated rings. The molecule has 102 valence electrons. The van der Waals surface area contributed by atoms with Crippen LogP contribution < -0.4 is 11.3 Å². The van der Waals surface area contributed by atoms with E-state index in [1.54, 1.807) is 11.3 Å². The molecule has 5 nitrogen and oxygen atoms in total. The number of thiophene rings is 1. The largest absolute Gasteiger partial charge is 0.370 e. The number of aromatic amines is 1. The van der Waals surface area contributed by atoms with Crippen molar-refractivity contribution in [3.05, 3.63) is 26.6 Å². The Morgan fingerprint density at radius 1 is 1.47 bits per heavy atom. The van der Waals surface area contributed by atoms with Gasteiger partial charge in [0.2, 0.25) is 0 Å². The predicted molar refractivity (Wildman–Crippen MR) is 75.5 cm³/mol. The summed E-state index contributed by atoms with van der Waals surface area (Å²) in [5.41, 5.74) is 6.65. The van der Waals surface area contributed by atoms with Gasteiger partial charge in [-0.15, -0.1) is 11.3 Å². The van der Waals surface area contributed by atoms with Gasteiger partial charge < -0.3 is 15.5 Å². The number of rotatable bonds is 3. The van der Waals surface area contributed by atoms with E-state index in [1.165, 1.54) is 0 Å². The van der Waals surface area contributed by atoms with Crippen LogP contribution in [0.15, 0.2) is 4.79 Å². The number of nitrogens with one attached hydrogen (secondary N) is 1. The summed E-state index contributed by atoms with van der Waals surface area (Å²) in [6.07, 6.45) is 2.00. The van der Waals surface area contributed by atoms with Gasteiger partial charge in [-0.2, -0.15) is 0 Å². The second-order valence-electron chi connectivity index (χ2n) is 5.14. The predicted octanol–water partition coefficient (Wildman–Crippen LogP) is 1.61. The number of aryl methyl sites for hydroxylation is 2. The fraction of sp³-hybridized carbons (Fsp3) is 0.538. The highest BCUT2D eigenvalue weighted by Gasteiger charge is 2.26. The molecule has 0 aromatic carbocycles. The molecule has 1 aliphatic rings. The van der Waals surface area contributed by atoms with Gasteiger partial charge in [0.05, 0.1) is 11.5 Å². The molecule has 0 amide bonds. The molecular weight excluding hydrogens is 262 g/mol. The van der Waals surface area contributed by atoms with Gasteiger partial charge in [0.25, 0.3) is 5.56 Å². The van der Waals surface area contributed by atoms with Crippen LogP contribution in [0.3, 0.4) is 0 Å². The van der Waals surface area contributed by atoms with E-state index in [4.69, 9.17) is 10.5 Å². The van der Waals surface area contributed by atoms with Crippen LogP contribution in [0.1, 0.15) is 29.1 Å². The minimum atomic E-state index is -0.0734. The third-order valence-electron chi connectivity index (χ3n) is 3.68. The Hall–Kier alpha value is -1.24. The van der Waals surface area contributed by atoms with Crippen molar-refractivity contribution < 1.29 is 4.74 Å². The maximum atomic E-state index is 12.0. The van der Waals surface area contributed by atoms with Gasteiger partial charge in [-0.25, -0.2) is 4.98 Å². The maximum Gasteiger partial charge on any atom is 0.259 e. The summed E-state index contributed by atoms with van der Waals surface area (Å²) in [7, 11) is 0. The molecule has 2 aromatic rings. The molecule has 0 atom stereocenters. The van der Waals surface area contributed by atoms with E-state index in [9.17, 15) is 4.79 Å². The molecule has 2 aromatic heterocycles. The molecule has 1 aliphatic carbocycles. The lowest BCUT2D eigenvalue weighted by Crippen LogP contribution is -2.41. The van der Waals surface area contributed by atoms with E-state index >= 15 is 0 Å². The van der Waals surface area contributed by atoms with E-state index in [2.05, 4.69) is 9.97 Å². The van der Waals surface area contributed by atoms with E-state index < -0.39 is 0 Å². The third kappa shape index (κ3) is 2.31. The van der Waals surface area contributed by atoms with E-state index in [-0.39, 0.29) is 17.7 Å². The zero-order chi connectivity index (χ0) is 13.6. The third-order valence-corrected chi connectivity index (χ3v) is 4.78. The molecule has 0 unspecified atom stereocenters. The monoisotopic (exact) mass is 279 g/mol. The average Bonchev–Trinajstić information content (AvgIpc) is 2.59. The SMILES string of the molecule is Cc1sc2nc(COC3CC(N)C3)[nH]c(=O)c2c1C. The van der Waals surface area contributed by atoms with Gasteiger partial charge in [-0.1, -0.05) is 0 Å². The number of fused-ring (bicyclic) bond motifs is 1. The Kier molecular flexibility index (Phi) is 3.16. The number of ether oxygens (including phenoxy) is 1. The summed E-state index contributed by atoms with van der Waals surface area (Å²) in [5.74, 6) is 0.597. The van der Waals surface area contributed by atoms with Crippen molar-refractivity contribution >= 4 is 21.6 Å². The smallest absolute Gasteiger partial charge is 0.259 e. The van der Waals surface area contributed by atoms with Crippen molar-refractivity contribution in [3.8, 4) is 0 Å². The molecular formula is C13H17N3O2S. The Labute approximate surface area is 114 Å². The summed E-state index contributed by atoms with van der Waals surface area (Å²) < 4.78 is 5.67. The fourth-order valence-corrected chi connectivity index (χ4v) is 3.36. The number of nitrogens with two attached hydrogens (primary N) is 1. The first kappa shape index (κ1) is 12.8. The highest BCUT2D eigenvalue weighted by Crippen LogP contribution is 2.26. The van der Waals surface area contributed by atoms with Gasteiger partial charge in [0, 0.05) is 10.9 Å². The standard InChI is InChI=1S/C13H17N3O2S/c1-6-7(2)19-13-11(6)12(17)15-10(16-13)5-18-9-3-8(14)4-9/h8-9H,3-5,14H2,1-2H3,(H,15,16,17). The lowest BCUT2D eigenvalue weighted by Gasteiger charge is -2.31. The number of hydrogen-bond acceptors (Lipinski definition) is 5. The molecule has 6 heteroatoms. The molecule has 3 rings (SSSR count). The molecule has 2 heterocycles. The van der Waals surface area contributed by atoms with Crippen LogP contribution in [-0.4, -0.2) is 22.1 Å². The quantitative estimate of drug-likeness (QED) is 0.894. The summed E-state index contributed by atoms with van der Waals surface area (Å²) in [6.45, 7) is 4.31. The van der Waals surface area contributed by atoms with E-state index in [1.807, 2.05) is 13.8 Å². The van der Waals surface area contributed by atoms with Crippen LogP contribution in [0.25, 0.3) is 10.2 Å². The summed E-state index contributed by atoms with van der Waals surface area (Å²) in [4.78, 5) is 21.3. The van der Waals surface area contributed by atoms with Crippen molar-refractivity contribution in [3.63, 3.8) is 0 Å². The highest BCUT2D eigenvalue weighted by molar-refractivity contribution is 7.18. The highest BCUT2D eigenvalue weighted by atomic mass is 32.1. The van der Waals surface area contributed by atoms with Crippen LogP contribution in [0.5, 0.6) is 0 Å². The first-order valence-electron chi connectivity index (χ1n) is 6.40. The minimum Gasteiger partial charge on any atom is -0.370 e. The number of hydrogen-bond donors (Lipinski definition) is 2. The second kappa shape index (κ2) is 4.70. The van der Waals surface area contributed by atoms with Gasteiger partial charge in [-0.3, -0.25) is 4.79 Å². The van der Waals surface area contributed by atoms with E-state index in [0.717, 1.165) is 28.1 Å². The van der Waals surface area contributed by atoms with Crippen LogP contribution in [0.2, 0.25) is 0 Å². The Balaban J connectivity index is 1.83. The van der Waals surface area contributed by atoms with Crippen molar-refractivity contribution in [1.82, 2.24) is 9.97 Å². The van der Waals surface area contributed by atoms with Gasteiger partial charge in [0.15, 0.2) is 0 Å². The molecule has 0 saturated heterocycles. The molecule has 19 heavy (non-hydrogen) atoms. The van der Waals surface area contributed by atoms with Crippen molar-refractivity contribution in [2.75, 3.05) is 0 Å². The van der Waals surface area contributed by atoms with Crippen molar-refractivity contribution in [1.29, 1.82) is 0 Å². The fourth-order valence-electron chi connectivity index (χ4n) is 2.31. The molecule has 1 saturated carbocycles. The van der Waals surface area contributed by atoms with Crippen LogP contribution in [0, 0.1) is 13.8 Å². The first-order chi connectivity index (χ1) is 9.04. The number of H-pyrrole nitrogens is 1. The van der Waals surface area contributed by atoms with Gasteiger partial charge in [0.1, 0.15) is 17.3 Å². The zero-order valence-electron chi connectivity index (χ0n) is 11.0. The summed E-state index contributed by atoms with van der Waals surface area (Å²) in [6, 6.07) is 0.266. The molecule has 3 N–H and O–H groups in total. The van der Waals surface area contributed by atoms with E-state index in [0.29, 0.717) is 17.8 Å². The lowest BCUT2D eigenvalue weighted by atomic mass is 9.90. The van der Waals surface area contributed by atoms with Crippen molar-refractivity contribution in [2.24, 2.45) is 5.73 Å². The lowest BCUT2D eigenvalue weighted by molar-refractivity contribution is -0.0215. The number of aromatic nitrogens is 2. The Bertz CT molecular complexity index is 670. The zero-order valence-corrected chi connectivity index (χ0v) is 11.8. The maximum absolute atomic E-state index is 12.0. The second-order valence-corrected chi connectivity index (χ2v) is 6.34. The van der Waals surface area contributed by atoms with Crippen LogP contribution in [-0.2, 0) is 11.3 Å². The topological polar surface area (TPSA) is 81.0 Å². The van der Waals surface area contributed by atoms with Gasteiger partial charge in [-0.05, 0) is 32.3 Å².